The molecule has 1 aliphatic rings. The summed E-state index contributed by atoms with van der Waals surface area (Å²) in [5.74, 6) is 0.432. The summed E-state index contributed by atoms with van der Waals surface area (Å²) in [6.45, 7) is 7.79. The fourth-order valence-corrected chi connectivity index (χ4v) is 2.56. The van der Waals surface area contributed by atoms with Gasteiger partial charge in [-0.25, -0.2) is 0 Å². The first-order valence-corrected chi connectivity index (χ1v) is 6.51. The van der Waals surface area contributed by atoms with E-state index in [0.717, 1.165) is 24.9 Å². The van der Waals surface area contributed by atoms with Crippen LogP contribution in [-0.4, -0.2) is 11.7 Å². The average molecular weight is 233 g/mol. The van der Waals surface area contributed by atoms with Crippen LogP contribution in [0.1, 0.15) is 50.8 Å². The SMILES string of the molecule is CC(C)(C)Cc1ccc(O)c(C2CCCN2)c1. The van der Waals surface area contributed by atoms with Gasteiger partial charge in [0, 0.05) is 11.6 Å². The Morgan fingerprint density at radius 2 is 2.12 bits per heavy atom. The highest BCUT2D eigenvalue weighted by atomic mass is 16.3. The Bertz CT molecular complexity index is 386. The van der Waals surface area contributed by atoms with E-state index in [9.17, 15) is 5.11 Å². The van der Waals surface area contributed by atoms with Crippen molar-refractivity contribution in [3.05, 3.63) is 29.3 Å². The molecule has 1 fully saturated rings. The molecule has 1 saturated heterocycles. The lowest BCUT2D eigenvalue weighted by Gasteiger charge is -2.20. The maximum absolute atomic E-state index is 9.95. The second-order valence-electron chi connectivity index (χ2n) is 6.28. The Balaban J connectivity index is 2.22. The molecule has 1 atom stereocenters. The number of rotatable bonds is 2. The third-order valence-electron chi connectivity index (χ3n) is 3.26. The minimum Gasteiger partial charge on any atom is -0.508 e. The van der Waals surface area contributed by atoms with Gasteiger partial charge in [-0.2, -0.15) is 0 Å². The van der Waals surface area contributed by atoms with Crippen molar-refractivity contribution < 1.29 is 5.11 Å². The van der Waals surface area contributed by atoms with Gasteiger partial charge >= 0.3 is 0 Å². The lowest BCUT2D eigenvalue weighted by atomic mass is 9.87. The van der Waals surface area contributed by atoms with E-state index >= 15 is 0 Å². The van der Waals surface area contributed by atoms with E-state index in [1.807, 2.05) is 12.1 Å². The molecule has 17 heavy (non-hydrogen) atoms. The van der Waals surface area contributed by atoms with Crippen molar-refractivity contribution >= 4 is 0 Å². The molecule has 1 unspecified atom stereocenters. The molecule has 0 saturated carbocycles. The predicted octanol–water partition coefficient (Wildman–Crippen LogP) is 3.41. The van der Waals surface area contributed by atoms with Crippen molar-refractivity contribution in [3.8, 4) is 5.75 Å². The van der Waals surface area contributed by atoms with E-state index in [2.05, 4.69) is 32.2 Å². The van der Waals surface area contributed by atoms with Gasteiger partial charge in [0.25, 0.3) is 0 Å². The molecule has 2 nitrogen and oxygen atoms in total. The van der Waals surface area contributed by atoms with E-state index in [0.29, 0.717) is 11.8 Å². The predicted molar refractivity (Wildman–Crippen MR) is 71.2 cm³/mol. The fourth-order valence-electron chi connectivity index (χ4n) is 2.56. The molecule has 1 heterocycles. The van der Waals surface area contributed by atoms with Crippen molar-refractivity contribution in [2.24, 2.45) is 5.41 Å². The monoisotopic (exact) mass is 233 g/mol. The van der Waals surface area contributed by atoms with Crippen LogP contribution in [0.3, 0.4) is 0 Å². The van der Waals surface area contributed by atoms with Crippen LogP contribution >= 0.6 is 0 Å². The zero-order valence-electron chi connectivity index (χ0n) is 11.1. The first-order chi connectivity index (χ1) is 7.96. The summed E-state index contributed by atoms with van der Waals surface area (Å²) >= 11 is 0. The molecule has 94 valence electrons. The van der Waals surface area contributed by atoms with Crippen molar-refractivity contribution in [3.63, 3.8) is 0 Å². The molecular weight excluding hydrogens is 210 g/mol. The zero-order valence-corrected chi connectivity index (χ0v) is 11.1. The number of benzene rings is 1. The Labute approximate surface area is 104 Å². The van der Waals surface area contributed by atoms with E-state index in [1.165, 1.54) is 12.0 Å². The van der Waals surface area contributed by atoms with Crippen LogP contribution < -0.4 is 5.32 Å². The maximum atomic E-state index is 9.95. The van der Waals surface area contributed by atoms with Gasteiger partial charge in [-0.15, -0.1) is 0 Å². The fraction of sp³-hybridized carbons (Fsp3) is 0.600. The van der Waals surface area contributed by atoms with Crippen molar-refractivity contribution in [1.29, 1.82) is 0 Å². The van der Waals surface area contributed by atoms with Crippen LogP contribution in [0.15, 0.2) is 18.2 Å². The van der Waals surface area contributed by atoms with Gasteiger partial charge in [-0.1, -0.05) is 32.9 Å². The quantitative estimate of drug-likeness (QED) is 0.820. The minimum absolute atomic E-state index is 0.289. The third-order valence-corrected chi connectivity index (χ3v) is 3.26. The second kappa shape index (κ2) is 4.69. The molecule has 1 aromatic carbocycles. The summed E-state index contributed by atoms with van der Waals surface area (Å²) in [7, 11) is 0. The van der Waals surface area contributed by atoms with Crippen LogP contribution in [-0.2, 0) is 6.42 Å². The highest BCUT2D eigenvalue weighted by Gasteiger charge is 2.20. The third kappa shape index (κ3) is 3.22. The van der Waals surface area contributed by atoms with Gasteiger partial charge in [0.1, 0.15) is 5.75 Å². The van der Waals surface area contributed by atoms with E-state index in [1.54, 1.807) is 0 Å². The van der Waals surface area contributed by atoms with Gasteiger partial charge in [-0.3, -0.25) is 0 Å². The van der Waals surface area contributed by atoms with Crippen molar-refractivity contribution in [1.82, 2.24) is 5.32 Å². The van der Waals surface area contributed by atoms with Crippen LogP contribution in [0.5, 0.6) is 5.75 Å². The van der Waals surface area contributed by atoms with Crippen LogP contribution in [0.2, 0.25) is 0 Å². The topological polar surface area (TPSA) is 32.3 Å². The molecule has 0 amide bonds. The van der Waals surface area contributed by atoms with E-state index < -0.39 is 0 Å². The van der Waals surface area contributed by atoms with Crippen LogP contribution in [0, 0.1) is 5.41 Å². The smallest absolute Gasteiger partial charge is 0.120 e. The van der Waals surface area contributed by atoms with Gasteiger partial charge in [0.2, 0.25) is 0 Å². The number of phenols is 1. The number of nitrogens with one attached hydrogen (secondary N) is 1. The molecule has 2 heteroatoms. The highest BCUT2D eigenvalue weighted by molar-refractivity contribution is 5.39. The van der Waals surface area contributed by atoms with E-state index in [-0.39, 0.29) is 5.41 Å². The Morgan fingerprint density at radius 3 is 2.71 bits per heavy atom. The lowest BCUT2D eigenvalue weighted by Crippen LogP contribution is -2.14. The Hall–Kier alpha value is -1.02. The molecule has 0 spiro atoms. The number of hydrogen-bond donors (Lipinski definition) is 2. The molecule has 0 aliphatic carbocycles. The molecule has 1 aromatic rings. The van der Waals surface area contributed by atoms with Crippen molar-refractivity contribution in [2.45, 2.75) is 46.1 Å². The first-order valence-electron chi connectivity index (χ1n) is 6.51. The molecule has 0 bridgehead atoms. The van der Waals surface area contributed by atoms with Crippen molar-refractivity contribution in [2.75, 3.05) is 6.54 Å². The summed E-state index contributed by atoms with van der Waals surface area (Å²) in [5.41, 5.74) is 2.68. The molecule has 0 radical (unpaired) electrons. The van der Waals surface area contributed by atoms with Crippen LogP contribution in [0.4, 0.5) is 0 Å². The lowest BCUT2D eigenvalue weighted by molar-refractivity contribution is 0.409. The first kappa shape index (κ1) is 12.4. The second-order valence-corrected chi connectivity index (χ2v) is 6.28. The summed E-state index contributed by atoms with van der Waals surface area (Å²) in [4.78, 5) is 0. The number of phenolic OH excluding ortho intramolecular Hbond substituents is 1. The molecule has 1 aliphatic heterocycles. The largest absolute Gasteiger partial charge is 0.508 e. The van der Waals surface area contributed by atoms with Gasteiger partial charge < -0.3 is 10.4 Å². The van der Waals surface area contributed by atoms with E-state index in [4.69, 9.17) is 0 Å². The standard InChI is InChI=1S/C15H23NO/c1-15(2,3)10-11-6-7-14(17)12(9-11)13-5-4-8-16-13/h6-7,9,13,16-17H,4-5,8,10H2,1-3H3. The summed E-state index contributed by atoms with van der Waals surface area (Å²) in [5, 5.41) is 13.4. The average Bonchev–Trinajstić information content (AvgIpc) is 2.72. The molecule has 2 N–H and O–H groups in total. The van der Waals surface area contributed by atoms with Gasteiger partial charge in [0.05, 0.1) is 0 Å². The molecule has 0 aromatic heterocycles. The summed E-state index contributed by atoms with van der Waals surface area (Å²) in [6, 6.07) is 6.40. The van der Waals surface area contributed by atoms with Gasteiger partial charge in [0.15, 0.2) is 0 Å². The molecule has 2 rings (SSSR count). The summed E-state index contributed by atoms with van der Waals surface area (Å²) in [6.07, 6.45) is 3.38. The Kier molecular flexibility index (Phi) is 3.43. The minimum atomic E-state index is 0.289. The molecular formula is C15H23NO. The number of hydrogen-bond acceptors (Lipinski definition) is 2. The zero-order chi connectivity index (χ0) is 12.5. The van der Waals surface area contributed by atoms with Gasteiger partial charge in [-0.05, 0) is 42.9 Å². The maximum Gasteiger partial charge on any atom is 0.120 e. The Morgan fingerprint density at radius 1 is 1.35 bits per heavy atom. The highest BCUT2D eigenvalue weighted by Crippen LogP contribution is 2.32. The normalized spacial score (nSPS) is 20.8. The summed E-state index contributed by atoms with van der Waals surface area (Å²) < 4.78 is 0. The van der Waals surface area contributed by atoms with Crippen LogP contribution in [0.25, 0.3) is 0 Å². The number of aromatic hydroxyl groups is 1.